The van der Waals surface area contributed by atoms with Crippen LogP contribution in [0, 0.1) is 6.92 Å². The quantitative estimate of drug-likeness (QED) is 0.823. The minimum absolute atomic E-state index is 0.222. The zero-order valence-electron chi connectivity index (χ0n) is 14.3. The lowest BCUT2D eigenvalue weighted by molar-refractivity contribution is -0.133. The summed E-state index contributed by atoms with van der Waals surface area (Å²) in [5.74, 6) is 0.222. The van der Waals surface area contributed by atoms with Crippen molar-refractivity contribution in [3.63, 3.8) is 0 Å². The molecule has 0 bridgehead atoms. The summed E-state index contributed by atoms with van der Waals surface area (Å²) in [4.78, 5) is 18.7. The van der Waals surface area contributed by atoms with Crippen LogP contribution in [-0.2, 0) is 24.1 Å². The molecule has 0 saturated carbocycles. The maximum atomic E-state index is 12.5. The number of aryl methyl sites for hydroxylation is 1. The van der Waals surface area contributed by atoms with Crippen molar-refractivity contribution >= 4 is 17.5 Å². The SMILES string of the molecule is CCC(=O)N(CCc1cccnc1)C1Cc2cc(C)c(Cl)cc2C1. The first-order valence-corrected chi connectivity index (χ1v) is 8.92. The van der Waals surface area contributed by atoms with Crippen LogP contribution in [-0.4, -0.2) is 28.4 Å². The van der Waals surface area contributed by atoms with E-state index in [9.17, 15) is 4.79 Å². The van der Waals surface area contributed by atoms with E-state index < -0.39 is 0 Å². The lowest BCUT2D eigenvalue weighted by Gasteiger charge is -2.29. The third-order valence-electron chi connectivity index (χ3n) is 4.82. The van der Waals surface area contributed by atoms with Crippen molar-refractivity contribution in [1.82, 2.24) is 9.88 Å². The number of hydrogen-bond donors (Lipinski definition) is 0. The minimum Gasteiger partial charge on any atom is -0.339 e. The Hall–Kier alpha value is -1.87. The number of halogens is 1. The van der Waals surface area contributed by atoms with Crippen molar-refractivity contribution < 1.29 is 4.79 Å². The average molecular weight is 343 g/mol. The van der Waals surface area contributed by atoms with Gasteiger partial charge in [0.2, 0.25) is 5.91 Å². The monoisotopic (exact) mass is 342 g/mol. The fraction of sp³-hybridized carbons (Fsp3) is 0.400. The number of carbonyl (C=O) groups excluding carboxylic acids is 1. The van der Waals surface area contributed by atoms with Gasteiger partial charge in [-0.05, 0) is 60.6 Å². The Morgan fingerprint density at radius 2 is 2.08 bits per heavy atom. The number of aromatic nitrogens is 1. The van der Waals surface area contributed by atoms with E-state index in [-0.39, 0.29) is 11.9 Å². The molecule has 0 fully saturated rings. The van der Waals surface area contributed by atoms with Crippen molar-refractivity contribution in [2.75, 3.05) is 6.54 Å². The van der Waals surface area contributed by atoms with E-state index in [1.165, 1.54) is 16.7 Å². The second-order valence-electron chi connectivity index (χ2n) is 6.48. The van der Waals surface area contributed by atoms with Crippen LogP contribution in [0.5, 0.6) is 0 Å². The van der Waals surface area contributed by atoms with E-state index >= 15 is 0 Å². The van der Waals surface area contributed by atoms with Gasteiger partial charge in [0, 0.05) is 36.4 Å². The summed E-state index contributed by atoms with van der Waals surface area (Å²) in [5.41, 5.74) is 4.89. The van der Waals surface area contributed by atoms with Gasteiger partial charge in [-0.1, -0.05) is 30.7 Å². The summed E-state index contributed by atoms with van der Waals surface area (Å²) in [6.07, 6.45) is 6.85. The molecule has 126 valence electrons. The van der Waals surface area contributed by atoms with Gasteiger partial charge in [0.1, 0.15) is 0 Å². The van der Waals surface area contributed by atoms with Crippen molar-refractivity contribution in [2.45, 2.75) is 45.6 Å². The number of hydrogen-bond acceptors (Lipinski definition) is 2. The summed E-state index contributed by atoms with van der Waals surface area (Å²) < 4.78 is 0. The highest BCUT2D eigenvalue weighted by atomic mass is 35.5. The van der Waals surface area contributed by atoms with E-state index in [1.54, 1.807) is 6.20 Å². The molecular weight excluding hydrogens is 320 g/mol. The van der Waals surface area contributed by atoms with Gasteiger partial charge in [0.05, 0.1) is 0 Å². The van der Waals surface area contributed by atoms with Crippen LogP contribution in [0.2, 0.25) is 5.02 Å². The van der Waals surface area contributed by atoms with Crippen LogP contribution in [0.4, 0.5) is 0 Å². The van der Waals surface area contributed by atoms with Gasteiger partial charge in [0.15, 0.2) is 0 Å². The molecule has 1 aliphatic rings. The normalized spacial score (nSPS) is 16.0. The summed E-state index contributed by atoms with van der Waals surface area (Å²) >= 11 is 6.26. The van der Waals surface area contributed by atoms with Crippen LogP contribution in [0.15, 0.2) is 36.7 Å². The minimum atomic E-state index is 0.222. The smallest absolute Gasteiger partial charge is 0.222 e. The Balaban J connectivity index is 1.74. The standard InChI is InChI=1S/C20H23ClN2O/c1-3-20(24)23(8-6-15-5-4-7-22-13-15)18-10-16-9-14(2)19(21)12-17(16)11-18/h4-5,7,9,12-13,18H,3,6,8,10-11H2,1-2H3. The lowest BCUT2D eigenvalue weighted by atomic mass is 10.1. The molecule has 4 heteroatoms. The highest BCUT2D eigenvalue weighted by Gasteiger charge is 2.29. The highest BCUT2D eigenvalue weighted by Crippen LogP contribution is 2.30. The summed E-state index contributed by atoms with van der Waals surface area (Å²) in [5, 5.41) is 0.818. The first kappa shape index (κ1) is 17.0. The fourth-order valence-electron chi connectivity index (χ4n) is 3.47. The molecule has 1 heterocycles. The van der Waals surface area contributed by atoms with Crippen molar-refractivity contribution in [2.24, 2.45) is 0 Å². The molecule has 1 aromatic carbocycles. The highest BCUT2D eigenvalue weighted by molar-refractivity contribution is 6.31. The number of carbonyl (C=O) groups is 1. The number of rotatable bonds is 5. The van der Waals surface area contributed by atoms with Gasteiger partial charge in [-0.2, -0.15) is 0 Å². The largest absolute Gasteiger partial charge is 0.339 e. The molecule has 1 unspecified atom stereocenters. The second-order valence-corrected chi connectivity index (χ2v) is 6.89. The number of nitrogens with zero attached hydrogens (tertiary/aromatic N) is 2. The van der Waals surface area contributed by atoms with Crippen molar-refractivity contribution in [3.8, 4) is 0 Å². The van der Waals surface area contributed by atoms with E-state index in [0.717, 1.165) is 36.4 Å². The van der Waals surface area contributed by atoms with Gasteiger partial charge in [-0.15, -0.1) is 0 Å². The Labute approximate surface area is 148 Å². The summed E-state index contributed by atoms with van der Waals surface area (Å²) in [6.45, 7) is 4.71. The molecule has 24 heavy (non-hydrogen) atoms. The summed E-state index contributed by atoms with van der Waals surface area (Å²) in [7, 11) is 0. The molecule has 1 amide bonds. The molecule has 1 aromatic heterocycles. The molecule has 3 rings (SSSR count). The first-order chi connectivity index (χ1) is 11.6. The molecule has 0 aliphatic heterocycles. The van der Waals surface area contributed by atoms with Gasteiger partial charge in [0.25, 0.3) is 0 Å². The second kappa shape index (κ2) is 7.35. The van der Waals surface area contributed by atoms with Gasteiger partial charge in [-0.3, -0.25) is 9.78 Å². The van der Waals surface area contributed by atoms with Crippen LogP contribution in [0.25, 0.3) is 0 Å². The molecular formula is C20H23ClN2O. The first-order valence-electron chi connectivity index (χ1n) is 8.54. The molecule has 0 N–H and O–H groups in total. The molecule has 2 aromatic rings. The number of amides is 1. The van der Waals surface area contributed by atoms with Crippen molar-refractivity contribution in [1.29, 1.82) is 0 Å². The molecule has 0 radical (unpaired) electrons. The molecule has 1 atom stereocenters. The number of benzene rings is 1. The van der Waals surface area contributed by atoms with Gasteiger partial charge >= 0.3 is 0 Å². The molecule has 0 saturated heterocycles. The number of fused-ring (bicyclic) bond motifs is 1. The van der Waals surface area contributed by atoms with Gasteiger partial charge < -0.3 is 4.90 Å². The van der Waals surface area contributed by atoms with E-state index in [0.29, 0.717) is 6.42 Å². The van der Waals surface area contributed by atoms with Crippen LogP contribution < -0.4 is 0 Å². The van der Waals surface area contributed by atoms with Crippen molar-refractivity contribution in [3.05, 3.63) is 63.9 Å². The van der Waals surface area contributed by atoms with Crippen LogP contribution in [0.3, 0.4) is 0 Å². The van der Waals surface area contributed by atoms with E-state index in [4.69, 9.17) is 11.6 Å². The van der Waals surface area contributed by atoms with Crippen LogP contribution in [0.1, 0.15) is 35.6 Å². The third-order valence-corrected chi connectivity index (χ3v) is 5.23. The Morgan fingerprint density at radius 3 is 2.75 bits per heavy atom. The molecule has 3 nitrogen and oxygen atoms in total. The Kier molecular flexibility index (Phi) is 5.20. The third kappa shape index (κ3) is 3.62. The maximum absolute atomic E-state index is 12.5. The summed E-state index contributed by atoms with van der Waals surface area (Å²) in [6, 6.07) is 8.49. The lowest BCUT2D eigenvalue weighted by Crippen LogP contribution is -2.41. The molecule has 1 aliphatic carbocycles. The zero-order chi connectivity index (χ0) is 17.1. The van der Waals surface area contributed by atoms with E-state index in [1.807, 2.05) is 26.1 Å². The maximum Gasteiger partial charge on any atom is 0.222 e. The fourth-order valence-corrected chi connectivity index (χ4v) is 3.66. The molecule has 0 spiro atoms. The zero-order valence-corrected chi connectivity index (χ0v) is 15.0. The topological polar surface area (TPSA) is 33.2 Å². The Morgan fingerprint density at radius 1 is 1.33 bits per heavy atom. The van der Waals surface area contributed by atoms with Crippen LogP contribution >= 0.6 is 11.6 Å². The van der Waals surface area contributed by atoms with Gasteiger partial charge in [-0.25, -0.2) is 0 Å². The predicted octanol–water partition coefficient (Wildman–Crippen LogP) is 3.99. The van der Waals surface area contributed by atoms with E-state index in [2.05, 4.69) is 28.1 Å². The predicted molar refractivity (Wildman–Crippen MR) is 97.3 cm³/mol. The Bertz CT molecular complexity index is 699. The average Bonchev–Trinajstić information content (AvgIpc) is 2.98. The number of pyridine rings is 1.